The number of benzene rings is 1. The molecule has 0 unspecified atom stereocenters. The maximum absolute atomic E-state index is 11.5. The Labute approximate surface area is 143 Å². The lowest BCUT2D eigenvalue weighted by atomic mass is 10.2. The van der Waals surface area contributed by atoms with Gasteiger partial charge in [-0.15, -0.1) is 24.0 Å². The average Bonchev–Trinajstić information content (AvgIpc) is 2.40. The van der Waals surface area contributed by atoms with Crippen LogP contribution in [0.4, 0.5) is 10.5 Å². The molecular weight excluding hydrogens is 381 g/mol. The van der Waals surface area contributed by atoms with Crippen LogP contribution in [0.1, 0.15) is 19.4 Å². The van der Waals surface area contributed by atoms with E-state index in [2.05, 4.69) is 26.3 Å². The minimum absolute atomic E-state index is 0. The number of guanidine groups is 1. The van der Waals surface area contributed by atoms with E-state index >= 15 is 0 Å². The van der Waals surface area contributed by atoms with Crippen molar-refractivity contribution in [3.8, 4) is 0 Å². The Morgan fingerprint density at radius 1 is 1.24 bits per heavy atom. The highest BCUT2D eigenvalue weighted by molar-refractivity contribution is 14.0. The Balaban J connectivity index is 0.00000400. The lowest BCUT2D eigenvalue weighted by molar-refractivity contribution is 0.250. The number of carbonyl (C=O) groups excluding carboxylic acids is 1. The molecule has 0 aliphatic heterocycles. The van der Waals surface area contributed by atoms with Crippen LogP contribution in [-0.4, -0.2) is 32.1 Å². The summed E-state index contributed by atoms with van der Waals surface area (Å²) in [5.74, 6) is 0.739. The van der Waals surface area contributed by atoms with Gasteiger partial charge in [-0.1, -0.05) is 12.1 Å². The summed E-state index contributed by atoms with van der Waals surface area (Å²) in [6.07, 6.45) is 0. The fraction of sp³-hybridized carbons (Fsp3) is 0.429. The molecule has 0 heterocycles. The quantitative estimate of drug-likeness (QED) is 0.352. The molecule has 2 amide bonds. The molecule has 0 aromatic heterocycles. The van der Waals surface area contributed by atoms with Crippen LogP contribution in [0.3, 0.4) is 0 Å². The number of amides is 2. The van der Waals surface area contributed by atoms with Gasteiger partial charge in [0.25, 0.3) is 0 Å². The SMILES string of the molecule is CN=C(NC)NCc1ccc(NC(=O)NC(C)C)cc1.I. The van der Waals surface area contributed by atoms with Crippen LogP contribution in [-0.2, 0) is 6.54 Å². The van der Waals surface area contributed by atoms with Crippen molar-refractivity contribution in [1.82, 2.24) is 16.0 Å². The Morgan fingerprint density at radius 3 is 2.33 bits per heavy atom. The average molecular weight is 405 g/mol. The van der Waals surface area contributed by atoms with E-state index in [4.69, 9.17) is 0 Å². The largest absolute Gasteiger partial charge is 0.359 e. The highest BCUT2D eigenvalue weighted by Crippen LogP contribution is 2.09. The number of halogens is 1. The number of hydrogen-bond donors (Lipinski definition) is 4. The van der Waals surface area contributed by atoms with E-state index in [1.54, 1.807) is 7.05 Å². The summed E-state index contributed by atoms with van der Waals surface area (Å²) in [7, 11) is 3.54. The number of urea groups is 1. The first-order chi connectivity index (χ1) is 9.55. The number of aliphatic imine (C=N–C) groups is 1. The molecule has 0 fully saturated rings. The molecule has 4 N–H and O–H groups in total. The van der Waals surface area contributed by atoms with Gasteiger partial charge in [-0.25, -0.2) is 4.79 Å². The minimum Gasteiger partial charge on any atom is -0.359 e. The van der Waals surface area contributed by atoms with Gasteiger partial charge in [0.1, 0.15) is 0 Å². The van der Waals surface area contributed by atoms with Gasteiger partial charge < -0.3 is 21.3 Å². The second-order valence-electron chi connectivity index (χ2n) is 4.63. The van der Waals surface area contributed by atoms with Crippen molar-refractivity contribution >= 4 is 41.7 Å². The van der Waals surface area contributed by atoms with E-state index in [1.807, 2.05) is 45.2 Å². The third-order valence-corrected chi connectivity index (χ3v) is 2.55. The molecular formula is C14H24IN5O. The fourth-order valence-electron chi connectivity index (χ4n) is 1.60. The zero-order valence-corrected chi connectivity index (χ0v) is 15.2. The third kappa shape index (κ3) is 7.74. The molecule has 0 saturated heterocycles. The smallest absolute Gasteiger partial charge is 0.319 e. The van der Waals surface area contributed by atoms with E-state index < -0.39 is 0 Å². The summed E-state index contributed by atoms with van der Waals surface area (Å²) in [6.45, 7) is 4.51. The van der Waals surface area contributed by atoms with Crippen molar-refractivity contribution in [3.63, 3.8) is 0 Å². The van der Waals surface area contributed by atoms with Crippen molar-refractivity contribution in [3.05, 3.63) is 29.8 Å². The monoisotopic (exact) mass is 405 g/mol. The molecule has 0 atom stereocenters. The molecule has 0 aliphatic rings. The van der Waals surface area contributed by atoms with Crippen LogP contribution in [0.2, 0.25) is 0 Å². The Kier molecular flexibility index (Phi) is 9.51. The van der Waals surface area contributed by atoms with E-state index in [-0.39, 0.29) is 36.0 Å². The van der Waals surface area contributed by atoms with Gasteiger partial charge >= 0.3 is 6.03 Å². The van der Waals surface area contributed by atoms with Crippen molar-refractivity contribution in [1.29, 1.82) is 0 Å². The maximum atomic E-state index is 11.5. The maximum Gasteiger partial charge on any atom is 0.319 e. The van der Waals surface area contributed by atoms with E-state index in [0.29, 0.717) is 6.54 Å². The molecule has 0 radical (unpaired) electrons. The summed E-state index contributed by atoms with van der Waals surface area (Å²) in [5.41, 5.74) is 1.88. The summed E-state index contributed by atoms with van der Waals surface area (Å²) < 4.78 is 0. The molecule has 1 rings (SSSR count). The van der Waals surface area contributed by atoms with Gasteiger partial charge in [0.15, 0.2) is 5.96 Å². The fourth-order valence-corrected chi connectivity index (χ4v) is 1.60. The van der Waals surface area contributed by atoms with Crippen LogP contribution in [0.5, 0.6) is 0 Å². The molecule has 0 aliphatic carbocycles. The van der Waals surface area contributed by atoms with Gasteiger partial charge in [0.05, 0.1) is 0 Å². The summed E-state index contributed by atoms with van der Waals surface area (Å²) in [5, 5.41) is 11.7. The van der Waals surface area contributed by atoms with Gasteiger partial charge in [0, 0.05) is 32.4 Å². The summed E-state index contributed by atoms with van der Waals surface area (Å²) in [6, 6.07) is 7.59. The van der Waals surface area contributed by atoms with Crippen molar-refractivity contribution < 1.29 is 4.79 Å². The summed E-state index contributed by atoms with van der Waals surface area (Å²) in [4.78, 5) is 15.6. The van der Waals surface area contributed by atoms with Crippen LogP contribution in [0.25, 0.3) is 0 Å². The second kappa shape index (κ2) is 10.3. The summed E-state index contributed by atoms with van der Waals surface area (Å²) >= 11 is 0. The lowest BCUT2D eigenvalue weighted by Gasteiger charge is -2.11. The van der Waals surface area contributed by atoms with Crippen LogP contribution in [0, 0.1) is 0 Å². The molecule has 1 aromatic rings. The highest BCUT2D eigenvalue weighted by atomic mass is 127. The second-order valence-corrected chi connectivity index (χ2v) is 4.63. The normalized spacial score (nSPS) is 10.6. The first-order valence-corrected chi connectivity index (χ1v) is 6.60. The molecule has 1 aromatic carbocycles. The lowest BCUT2D eigenvalue weighted by Crippen LogP contribution is -2.34. The van der Waals surface area contributed by atoms with Crippen LogP contribution >= 0.6 is 24.0 Å². The molecule has 0 bridgehead atoms. The highest BCUT2D eigenvalue weighted by Gasteiger charge is 2.03. The molecule has 7 heteroatoms. The Bertz CT molecular complexity index is 459. The standard InChI is InChI=1S/C14H23N5O.HI/c1-10(2)18-14(20)19-12-7-5-11(6-8-12)9-17-13(15-3)16-4;/h5-8,10H,9H2,1-4H3,(H2,15,16,17)(H2,18,19,20);1H. The first-order valence-electron chi connectivity index (χ1n) is 6.60. The minimum atomic E-state index is -0.193. The van der Waals surface area contributed by atoms with E-state index in [0.717, 1.165) is 17.2 Å². The zero-order chi connectivity index (χ0) is 15.0. The van der Waals surface area contributed by atoms with Crippen molar-refractivity contribution in [2.45, 2.75) is 26.4 Å². The molecule has 0 saturated carbocycles. The number of carbonyl (C=O) groups is 1. The number of rotatable bonds is 4. The number of nitrogens with one attached hydrogen (secondary N) is 4. The van der Waals surface area contributed by atoms with Crippen molar-refractivity contribution in [2.24, 2.45) is 4.99 Å². The molecule has 21 heavy (non-hydrogen) atoms. The first kappa shape index (κ1) is 19.5. The molecule has 118 valence electrons. The van der Waals surface area contributed by atoms with Crippen LogP contribution < -0.4 is 21.3 Å². The number of hydrogen-bond acceptors (Lipinski definition) is 2. The topological polar surface area (TPSA) is 77.6 Å². The van der Waals surface area contributed by atoms with E-state index in [1.165, 1.54) is 0 Å². The van der Waals surface area contributed by atoms with Gasteiger partial charge in [-0.2, -0.15) is 0 Å². The van der Waals surface area contributed by atoms with Gasteiger partial charge in [0.2, 0.25) is 0 Å². The number of nitrogens with zero attached hydrogens (tertiary/aromatic N) is 1. The molecule has 6 nitrogen and oxygen atoms in total. The van der Waals surface area contributed by atoms with Gasteiger partial charge in [-0.3, -0.25) is 4.99 Å². The third-order valence-electron chi connectivity index (χ3n) is 2.55. The van der Waals surface area contributed by atoms with Crippen LogP contribution in [0.15, 0.2) is 29.3 Å². The number of anilines is 1. The van der Waals surface area contributed by atoms with E-state index in [9.17, 15) is 4.79 Å². The van der Waals surface area contributed by atoms with Crippen molar-refractivity contribution in [2.75, 3.05) is 19.4 Å². The predicted octanol–water partition coefficient (Wildman–Crippen LogP) is 2.13. The Morgan fingerprint density at radius 2 is 1.86 bits per heavy atom. The molecule has 0 spiro atoms. The Hall–Kier alpha value is -1.51. The zero-order valence-electron chi connectivity index (χ0n) is 12.9. The van der Waals surface area contributed by atoms with Gasteiger partial charge in [-0.05, 0) is 31.5 Å². The predicted molar refractivity (Wildman–Crippen MR) is 98.4 cm³/mol.